The number of hydrogen-bond donors (Lipinski definition) is 0. The molecule has 14 rings (SSSR count). The minimum absolute atomic E-state index is 0.628. The standard InChI is InChI=1S/C100H122N2O6S8/c1-5-9-13-17-21-25-29-33-37-41-61-105-75-53-45-71(46-54-75)99(72-47-55-76(56-48-72)106-62-42-38-34-30-26-22-18-14-10-6-2)85-89-81(65-83(113-89)97-101-67-79(69-103)109-97)111-91(85)93-87(99)95-96(115-93)88-94(116-95)92-86(90-82(112-92)66-84(114-90)98-102-68-80(70-104)110-98)100(88,73-49-57-77(58-50-73)107-63-43-39-35-31-27-23-19-15-11-7-3)74-51-59-78(60-52-74)108-64-44-40-36-32-28-24-20-16-12-8-4/h45-60,65-70H,5-44,61-64H2,1-4H3. The van der Waals surface area contributed by atoms with Gasteiger partial charge in [-0.1, -0.05) is 307 Å². The zero-order valence-corrected chi connectivity index (χ0v) is 76.0. The van der Waals surface area contributed by atoms with Gasteiger partial charge >= 0.3 is 0 Å². The van der Waals surface area contributed by atoms with Crippen molar-refractivity contribution in [2.75, 3.05) is 26.4 Å². The summed E-state index contributed by atoms with van der Waals surface area (Å²) in [5.74, 6) is 3.58. The van der Waals surface area contributed by atoms with Crippen LogP contribution in [0.2, 0.25) is 0 Å². The van der Waals surface area contributed by atoms with Crippen molar-refractivity contribution in [2.24, 2.45) is 0 Å². The van der Waals surface area contributed by atoms with Crippen LogP contribution < -0.4 is 18.9 Å². The summed E-state index contributed by atoms with van der Waals surface area (Å²) in [5, 5.41) is 1.74. The Morgan fingerprint density at radius 2 is 0.509 bits per heavy atom. The molecule has 0 radical (unpaired) electrons. The van der Waals surface area contributed by atoms with Crippen LogP contribution in [0.3, 0.4) is 0 Å². The molecule has 8 heterocycles. The van der Waals surface area contributed by atoms with Crippen molar-refractivity contribution in [3.8, 4) is 62.3 Å². The summed E-state index contributed by atoms with van der Waals surface area (Å²) in [6.07, 6.45) is 56.5. The molecule has 0 saturated carbocycles. The van der Waals surface area contributed by atoms with Gasteiger partial charge in [0.25, 0.3) is 0 Å². The summed E-state index contributed by atoms with van der Waals surface area (Å²) in [5.41, 5.74) is 8.48. The van der Waals surface area contributed by atoms with Crippen molar-refractivity contribution in [1.82, 2.24) is 9.97 Å². The molecule has 0 fully saturated rings. The number of unbranched alkanes of at least 4 members (excludes halogenated alkanes) is 36. The van der Waals surface area contributed by atoms with Gasteiger partial charge in [0.2, 0.25) is 0 Å². The maximum Gasteiger partial charge on any atom is 0.161 e. The highest BCUT2D eigenvalue weighted by Gasteiger charge is 2.56. The Hall–Kier alpha value is -6.34. The lowest BCUT2D eigenvalue weighted by molar-refractivity contribution is 0.111. The number of carbonyl (C=O) groups is 2. The molecule has 0 spiro atoms. The molecule has 0 N–H and O–H groups in total. The van der Waals surface area contributed by atoms with Gasteiger partial charge in [0.15, 0.2) is 12.6 Å². The first kappa shape index (κ1) is 86.1. The van der Waals surface area contributed by atoms with E-state index in [1.165, 1.54) is 346 Å². The zero-order valence-electron chi connectivity index (χ0n) is 69.4. The van der Waals surface area contributed by atoms with Gasteiger partial charge in [-0.25, -0.2) is 9.97 Å². The molecule has 8 aromatic heterocycles. The third-order valence-corrected chi connectivity index (χ3v) is 34.0. The lowest BCUT2D eigenvalue weighted by atomic mass is 9.67. The predicted molar refractivity (Wildman–Crippen MR) is 503 cm³/mol. The van der Waals surface area contributed by atoms with Crippen LogP contribution in [0.4, 0.5) is 0 Å². The van der Waals surface area contributed by atoms with Crippen LogP contribution in [0.25, 0.3) is 67.5 Å². The maximum absolute atomic E-state index is 12.3. The summed E-state index contributed by atoms with van der Waals surface area (Å²) in [7, 11) is 0. The largest absolute Gasteiger partial charge is 0.494 e. The van der Waals surface area contributed by atoms with Crippen molar-refractivity contribution < 1.29 is 28.5 Å². The first-order valence-corrected chi connectivity index (χ1v) is 51.4. The van der Waals surface area contributed by atoms with Crippen LogP contribution in [0.15, 0.2) is 122 Å². The van der Waals surface area contributed by atoms with Gasteiger partial charge in [-0.15, -0.1) is 90.7 Å². The van der Waals surface area contributed by atoms with Gasteiger partial charge in [0.05, 0.1) is 95.1 Å². The molecular weight excluding hydrogens is 1580 g/mol. The third-order valence-electron chi connectivity index (χ3n) is 24.1. The zero-order chi connectivity index (χ0) is 79.7. The maximum atomic E-state index is 12.3. The predicted octanol–water partition coefficient (Wildman–Crippen LogP) is 33.3. The van der Waals surface area contributed by atoms with Crippen molar-refractivity contribution in [2.45, 2.75) is 295 Å². The molecule has 0 amide bonds. The fraction of sp³-hybridized carbons (Fsp3) is 0.500. The van der Waals surface area contributed by atoms with Crippen LogP contribution in [-0.4, -0.2) is 49.0 Å². The average molecular weight is 1700 g/mol. The number of aldehydes is 2. The number of rotatable bonds is 56. The van der Waals surface area contributed by atoms with E-state index in [4.69, 9.17) is 28.9 Å². The Balaban J connectivity index is 0.884. The molecule has 0 atom stereocenters. The quantitative estimate of drug-likeness (QED) is 0.0275. The molecule has 0 aliphatic heterocycles. The second-order valence-electron chi connectivity index (χ2n) is 32.6. The van der Waals surface area contributed by atoms with Gasteiger partial charge in [0.1, 0.15) is 33.0 Å². The molecule has 116 heavy (non-hydrogen) atoms. The average Bonchev–Trinajstić information content (AvgIpc) is 1.48. The molecule has 2 aliphatic carbocycles. The van der Waals surface area contributed by atoms with Crippen LogP contribution in [0.1, 0.15) is 348 Å². The number of hydrogen-bond acceptors (Lipinski definition) is 16. The molecule has 12 aromatic rings. The number of benzene rings is 4. The van der Waals surface area contributed by atoms with Crippen molar-refractivity contribution in [3.63, 3.8) is 0 Å². The number of fused-ring (bicyclic) bond motifs is 13. The molecule has 0 saturated heterocycles. The highest BCUT2D eigenvalue weighted by molar-refractivity contribution is 7.38. The first-order chi connectivity index (χ1) is 57.3. The van der Waals surface area contributed by atoms with Crippen molar-refractivity contribution in [1.29, 1.82) is 0 Å². The molecule has 0 bridgehead atoms. The van der Waals surface area contributed by atoms with Crippen LogP contribution in [0, 0.1) is 0 Å². The topological polar surface area (TPSA) is 96.8 Å². The Labute approximate surface area is 723 Å². The van der Waals surface area contributed by atoms with Crippen molar-refractivity contribution in [3.05, 3.63) is 176 Å². The minimum Gasteiger partial charge on any atom is -0.494 e. The lowest BCUT2D eigenvalue weighted by Gasteiger charge is -2.34. The van der Waals surface area contributed by atoms with E-state index >= 15 is 0 Å². The second kappa shape index (κ2) is 43.8. The van der Waals surface area contributed by atoms with E-state index in [2.05, 4.69) is 137 Å². The molecule has 16 heteroatoms. The summed E-state index contributed by atoms with van der Waals surface area (Å²) in [6.45, 7) is 11.9. The summed E-state index contributed by atoms with van der Waals surface area (Å²) in [6, 6.07) is 41.7. The third kappa shape index (κ3) is 20.0. The van der Waals surface area contributed by atoms with E-state index in [-0.39, 0.29) is 0 Å². The van der Waals surface area contributed by atoms with Crippen molar-refractivity contribution >= 4 is 131 Å². The number of nitrogens with zero attached hydrogens (tertiary/aromatic N) is 2. The van der Waals surface area contributed by atoms with E-state index in [0.717, 1.165) is 81.0 Å². The number of thiophene rings is 6. The van der Waals surface area contributed by atoms with Gasteiger partial charge in [-0.05, 0) is 109 Å². The van der Waals surface area contributed by atoms with E-state index < -0.39 is 10.8 Å². The number of ether oxygens (including phenoxy) is 4. The molecular formula is C100H122N2O6S8. The van der Waals surface area contributed by atoms with Crippen LogP contribution in [0.5, 0.6) is 23.0 Å². The van der Waals surface area contributed by atoms with E-state index in [9.17, 15) is 9.59 Å². The number of aromatic nitrogens is 2. The Kier molecular flexibility index (Phi) is 32.5. The normalized spacial score (nSPS) is 13.2. The summed E-state index contributed by atoms with van der Waals surface area (Å²) >= 11 is 14.4. The van der Waals surface area contributed by atoms with Crippen LogP contribution in [-0.2, 0) is 10.8 Å². The fourth-order valence-electron chi connectivity index (χ4n) is 17.9. The molecule has 616 valence electrons. The fourth-order valence-corrected chi connectivity index (χ4v) is 28.3. The minimum atomic E-state index is -0.798. The highest BCUT2D eigenvalue weighted by atomic mass is 32.1. The molecule has 0 unspecified atom stereocenters. The monoisotopic (exact) mass is 1700 g/mol. The number of carbonyl (C=O) groups excluding carboxylic acids is 2. The second-order valence-corrected chi connectivity index (χ2v) is 41.0. The van der Waals surface area contributed by atoms with Crippen LogP contribution >= 0.6 is 90.7 Å². The first-order valence-electron chi connectivity index (χ1n) is 44.8. The Bertz CT molecular complexity index is 4550. The molecule has 2 aliphatic rings. The van der Waals surface area contributed by atoms with E-state index in [0.29, 0.717) is 36.2 Å². The Morgan fingerprint density at radius 1 is 0.276 bits per heavy atom. The van der Waals surface area contributed by atoms with Gasteiger partial charge < -0.3 is 18.9 Å². The van der Waals surface area contributed by atoms with Gasteiger partial charge in [-0.3, -0.25) is 9.59 Å². The van der Waals surface area contributed by atoms with E-state index in [1.54, 1.807) is 12.4 Å². The lowest BCUT2D eigenvalue weighted by Crippen LogP contribution is -2.29. The van der Waals surface area contributed by atoms with Gasteiger partial charge in [0, 0.05) is 44.0 Å². The summed E-state index contributed by atoms with van der Waals surface area (Å²) < 4.78 is 34.5. The SMILES string of the molecule is CCCCCCCCCCCCOc1ccc(C2(c3ccc(OCCCCCCCCCCCC)cc3)c3c(sc4cc(-c5ncc(C=O)s5)sc34)-c3sc4c5c(sc4c32)-c2sc3cc(-c4ncc(C=O)s4)sc3c2C5(c2ccc(OCCCCCCCCCCCC)cc2)c2ccc(OCCCCCCCCCCCC)cc2)cc1. The summed E-state index contributed by atoms with van der Waals surface area (Å²) in [4.78, 5) is 43.0. The Morgan fingerprint density at radius 3 is 0.750 bits per heavy atom. The van der Waals surface area contributed by atoms with E-state index in [1.807, 2.05) is 68.0 Å². The smallest absolute Gasteiger partial charge is 0.161 e. The highest BCUT2D eigenvalue weighted by Crippen LogP contribution is 2.72. The molecule has 4 aromatic carbocycles. The number of thiazole rings is 2. The molecule has 8 nitrogen and oxygen atoms in total. The van der Waals surface area contributed by atoms with Gasteiger partial charge in [-0.2, -0.15) is 0 Å².